The standard InChI is InChI=1S/C16H22N4O2/c1-16(2,3)22-15(21)18-10-14(12-7-5-4-6-8-12)20-11-13(17)9-19-20/h4-9,11,14H,10,17H2,1-3H3,(H,18,21). The first kappa shape index (κ1) is 15.9. The summed E-state index contributed by atoms with van der Waals surface area (Å²) >= 11 is 0. The Bertz CT molecular complexity index is 617. The quantitative estimate of drug-likeness (QED) is 0.909. The van der Waals surface area contributed by atoms with E-state index in [2.05, 4.69) is 10.4 Å². The fourth-order valence-corrected chi connectivity index (χ4v) is 2.06. The number of anilines is 1. The maximum absolute atomic E-state index is 11.8. The van der Waals surface area contributed by atoms with E-state index in [9.17, 15) is 4.79 Å². The molecule has 0 saturated carbocycles. The number of carbonyl (C=O) groups is 1. The second-order valence-electron chi connectivity index (χ2n) is 6.06. The van der Waals surface area contributed by atoms with Crippen LogP contribution in [0, 0.1) is 0 Å². The number of rotatable bonds is 4. The number of carbonyl (C=O) groups excluding carboxylic acids is 1. The van der Waals surface area contributed by atoms with Crippen LogP contribution in [0.3, 0.4) is 0 Å². The molecule has 1 amide bonds. The molecule has 0 spiro atoms. The number of aromatic nitrogens is 2. The average molecular weight is 302 g/mol. The summed E-state index contributed by atoms with van der Waals surface area (Å²) in [6.45, 7) is 5.85. The van der Waals surface area contributed by atoms with E-state index >= 15 is 0 Å². The van der Waals surface area contributed by atoms with Gasteiger partial charge in [-0.2, -0.15) is 5.10 Å². The second kappa shape index (κ2) is 6.51. The smallest absolute Gasteiger partial charge is 0.407 e. The molecule has 0 aliphatic rings. The summed E-state index contributed by atoms with van der Waals surface area (Å²) in [5.41, 5.74) is 6.82. The molecule has 1 heterocycles. The largest absolute Gasteiger partial charge is 0.444 e. The minimum Gasteiger partial charge on any atom is -0.444 e. The van der Waals surface area contributed by atoms with Crippen LogP contribution in [-0.4, -0.2) is 28.0 Å². The van der Waals surface area contributed by atoms with Crippen LogP contribution in [0.15, 0.2) is 42.7 Å². The van der Waals surface area contributed by atoms with Crippen molar-refractivity contribution in [2.45, 2.75) is 32.4 Å². The van der Waals surface area contributed by atoms with Crippen LogP contribution in [0.5, 0.6) is 0 Å². The number of alkyl carbamates (subject to hydrolysis) is 1. The first-order valence-electron chi connectivity index (χ1n) is 7.16. The molecule has 2 rings (SSSR count). The number of amides is 1. The number of hydrogen-bond acceptors (Lipinski definition) is 4. The highest BCUT2D eigenvalue weighted by molar-refractivity contribution is 5.67. The van der Waals surface area contributed by atoms with Gasteiger partial charge in [-0.05, 0) is 26.3 Å². The van der Waals surface area contributed by atoms with Crippen LogP contribution in [0.2, 0.25) is 0 Å². The van der Waals surface area contributed by atoms with Gasteiger partial charge in [0.15, 0.2) is 0 Å². The molecule has 22 heavy (non-hydrogen) atoms. The third-order valence-corrected chi connectivity index (χ3v) is 2.96. The number of benzene rings is 1. The van der Waals surface area contributed by atoms with E-state index in [1.54, 1.807) is 17.1 Å². The molecule has 0 aliphatic heterocycles. The van der Waals surface area contributed by atoms with E-state index in [1.807, 2.05) is 51.1 Å². The van der Waals surface area contributed by atoms with Gasteiger partial charge in [0.25, 0.3) is 0 Å². The minimum atomic E-state index is -0.525. The lowest BCUT2D eigenvalue weighted by molar-refractivity contribution is 0.0522. The summed E-state index contributed by atoms with van der Waals surface area (Å²) in [6.07, 6.45) is 2.88. The summed E-state index contributed by atoms with van der Waals surface area (Å²) in [6, 6.07) is 9.66. The fraction of sp³-hybridized carbons (Fsp3) is 0.375. The average Bonchev–Trinajstić information content (AvgIpc) is 2.85. The zero-order valence-corrected chi connectivity index (χ0v) is 13.1. The third-order valence-electron chi connectivity index (χ3n) is 2.96. The molecule has 0 saturated heterocycles. The van der Waals surface area contributed by atoms with E-state index in [0.29, 0.717) is 12.2 Å². The van der Waals surface area contributed by atoms with E-state index < -0.39 is 11.7 Å². The second-order valence-corrected chi connectivity index (χ2v) is 6.06. The fourth-order valence-electron chi connectivity index (χ4n) is 2.06. The third kappa shape index (κ3) is 4.51. The lowest BCUT2D eigenvalue weighted by atomic mass is 10.1. The number of hydrogen-bond donors (Lipinski definition) is 2. The summed E-state index contributed by atoms with van der Waals surface area (Å²) in [5.74, 6) is 0. The predicted molar refractivity (Wildman–Crippen MR) is 85.5 cm³/mol. The molecule has 0 bridgehead atoms. The zero-order valence-electron chi connectivity index (χ0n) is 13.1. The van der Waals surface area contributed by atoms with Gasteiger partial charge in [-0.25, -0.2) is 4.79 Å². The first-order valence-corrected chi connectivity index (χ1v) is 7.16. The Hall–Kier alpha value is -2.50. The van der Waals surface area contributed by atoms with Gasteiger partial charge in [0.1, 0.15) is 5.60 Å². The number of nitrogens with one attached hydrogen (secondary N) is 1. The Morgan fingerprint density at radius 1 is 1.36 bits per heavy atom. The summed E-state index contributed by atoms with van der Waals surface area (Å²) < 4.78 is 7.00. The molecular formula is C16H22N4O2. The van der Waals surface area contributed by atoms with Crippen molar-refractivity contribution in [3.63, 3.8) is 0 Å². The van der Waals surface area contributed by atoms with Crippen LogP contribution in [-0.2, 0) is 4.74 Å². The molecule has 1 aromatic heterocycles. The van der Waals surface area contributed by atoms with Crippen LogP contribution in [0.25, 0.3) is 0 Å². The van der Waals surface area contributed by atoms with Gasteiger partial charge in [0, 0.05) is 12.7 Å². The molecule has 1 aromatic carbocycles. The van der Waals surface area contributed by atoms with Crippen molar-refractivity contribution in [1.82, 2.24) is 15.1 Å². The molecule has 6 nitrogen and oxygen atoms in total. The summed E-state index contributed by atoms with van der Waals surface area (Å²) in [5, 5.41) is 7.03. The van der Waals surface area contributed by atoms with E-state index in [-0.39, 0.29) is 6.04 Å². The SMILES string of the molecule is CC(C)(C)OC(=O)NCC(c1ccccc1)n1cc(N)cn1. The minimum absolute atomic E-state index is 0.147. The van der Waals surface area contributed by atoms with Gasteiger partial charge in [-0.15, -0.1) is 0 Å². The molecule has 1 atom stereocenters. The molecule has 2 aromatic rings. The van der Waals surface area contributed by atoms with Crippen molar-refractivity contribution < 1.29 is 9.53 Å². The topological polar surface area (TPSA) is 82.2 Å². The maximum atomic E-state index is 11.8. The predicted octanol–water partition coefficient (Wildman–Crippen LogP) is 2.58. The highest BCUT2D eigenvalue weighted by Gasteiger charge is 2.19. The molecule has 0 radical (unpaired) electrons. The van der Waals surface area contributed by atoms with Crippen LogP contribution in [0.4, 0.5) is 10.5 Å². The molecule has 0 aliphatic carbocycles. The van der Waals surface area contributed by atoms with Crippen molar-refractivity contribution in [1.29, 1.82) is 0 Å². The highest BCUT2D eigenvalue weighted by atomic mass is 16.6. The van der Waals surface area contributed by atoms with Gasteiger partial charge >= 0.3 is 6.09 Å². The van der Waals surface area contributed by atoms with Crippen molar-refractivity contribution in [3.05, 3.63) is 48.3 Å². The van der Waals surface area contributed by atoms with Crippen LogP contribution in [0.1, 0.15) is 32.4 Å². The number of nitrogen functional groups attached to an aromatic ring is 1. The summed E-state index contributed by atoms with van der Waals surface area (Å²) in [4.78, 5) is 11.8. The van der Waals surface area contributed by atoms with E-state index in [1.165, 1.54) is 0 Å². The van der Waals surface area contributed by atoms with Gasteiger partial charge in [0.2, 0.25) is 0 Å². The lowest BCUT2D eigenvalue weighted by Crippen LogP contribution is -2.36. The molecule has 6 heteroatoms. The number of nitrogens with two attached hydrogens (primary N) is 1. The molecule has 118 valence electrons. The van der Waals surface area contributed by atoms with Gasteiger partial charge < -0.3 is 15.8 Å². The first-order chi connectivity index (χ1) is 10.3. The Morgan fingerprint density at radius 2 is 2.05 bits per heavy atom. The Labute approximate surface area is 130 Å². The lowest BCUT2D eigenvalue weighted by Gasteiger charge is -2.22. The van der Waals surface area contributed by atoms with Crippen molar-refractivity contribution >= 4 is 11.8 Å². The summed E-state index contributed by atoms with van der Waals surface area (Å²) in [7, 11) is 0. The Kier molecular flexibility index (Phi) is 4.70. The van der Waals surface area contributed by atoms with Crippen LogP contribution >= 0.6 is 0 Å². The molecule has 3 N–H and O–H groups in total. The molecule has 0 fully saturated rings. The van der Waals surface area contributed by atoms with Crippen molar-refractivity contribution in [3.8, 4) is 0 Å². The van der Waals surface area contributed by atoms with Crippen molar-refractivity contribution in [2.75, 3.05) is 12.3 Å². The van der Waals surface area contributed by atoms with Gasteiger partial charge in [-0.3, -0.25) is 4.68 Å². The Balaban J connectivity index is 2.11. The normalized spacial score (nSPS) is 12.7. The molecule has 1 unspecified atom stereocenters. The highest BCUT2D eigenvalue weighted by Crippen LogP contribution is 2.18. The number of nitrogens with zero attached hydrogens (tertiary/aromatic N) is 2. The van der Waals surface area contributed by atoms with Gasteiger partial charge in [0.05, 0.1) is 17.9 Å². The van der Waals surface area contributed by atoms with Crippen molar-refractivity contribution in [2.24, 2.45) is 0 Å². The van der Waals surface area contributed by atoms with E-state index in [4.69, 9.17) is 10.5 Å². The Morgan fingerprint density at radius 3 is 2.59 bits per heavy atom. The zero-order chi connectivity index (χ0) is 16.2. The van der Waals surface area contributed by atoms with E-state index in [0.717, 1.165) is 5.56 Å². The monoisotopic (exact) mass is 302 g/mol. The van der Waals surface area contributed by atoms with Crippen LogP contribution < -0.4 is 11.1 Å². The van der Waals surface area contributed by atoms with Gasteiger partial charge in [-0.1, -0.05) is 30.3 Å². The number of ether oxygens (including phenoxy) is 1. The molecular weight excluding hydrogens is 280 g/mol. The maximum Gasteiger partial charge on any atom is 0.407 e.